The third-order valence-electron chi connectivity index (χ3n) is 5.31. The molecule has 1 aliphatic rings. The Labute approximate surface area is 196 Å². The first-order chi connectivity index (χ1) is 16.7. The molecule has 0 unspecified atom stereocenters. The van der Waals surface area contributed by atoms with E-state index < -0.39 is 0 Å². The van der Waals surface area contributed by atoms with Gasteiger partial charge in [0, 0.05) is 24.8 Å². The van der Waals surface area contributed by atoms with Crippen LogP contribution in [0.4, 0.5) is 5.82 Å². The minimum absolute atomic E-state index is 0.0103. The first-order valence-electron chi connectivity index (χ1n) is 10.7. The normalized spacial score (nSPS) is 13.7. The Balaban J connectivity index is 1.24. The summed E-state index contributed by atoms with van der Waals surface area (Å²) in [5.41, 5.74) is 2.10. The Morgan fingerprint density at radius 2 is 2.06 bits per heavy atom. The summed E-state index contributed by atoms with van der Waals surface area (Å²) < 4.78 is 13.8. The van der Waals surface area contributed by atoms with Crippen molar-refractivity contribution < 1.29 is 14.1 Å². The number of pyridine rings is 1. The molecule has 0 spiro atoms. The number of fused-ring (bicyclic) bond motifs is 2. The molecule has 0 aliphatic heterocycles. The first kappa shape index (κ1) is 20.7. The molecule has 0 saturated heterocycles. The predicted octanol–water partition coefficient (Wildman–Crippen LogP) is 2.51. The Hall–Kier alpha value is -3.84. The lowest BCUT2D eigenvalue weighted by Crippen LogP contribution is -2.13. The van der Waals surface area contributed by atoms with Crippen molar-refractivity contribution in [2.45, 2.75) is 29.4 Å². The Morgan fingerprint density at radius 1 is 1.18 bits per heavy atom. The molecule has 0 bridgehead atoms. The van der Waals surface area contributed by atoms with Crippen LogP contribution in [0.1, 0.15) is 18.7 Å². The van der Waals surface area contributed by atoms with Gasteiger partial charge in [-0.05, 0) is 48.9 Å². The number of rotatable bonds is 8. The number of amides is 1. The smallest absolute Gasteiger partial charge is 0.229 e. The maximum atomic E-state index is 12.0. The topological polar surface area (TPSA) is 138 Å². The van der Waals surface area contributed by atoms with Crippen LogP contribution in [-0.2, 0) is 16.0 Å². The third kappa shape index (κ3) is 4.10. The van der Waals surface area contributed by atoms with Crippen LogP contribution in [-0.4, -0.2) is 59.0 Å². The minimum atomic E-state index is 0.0103. The largest absolute Gasteiger partial charge is 0.384 e. The molecule has 1 amide bonds. The SMILES string of the molecule is COCCc1nc(-c2ccc3nnc(Sc4ccc5nc(NC(=O)C6CC6)cn5n4)n3c2)no1. The number of hydrogen-bond acceptors (Lipinski definition) is 10. The van der Waals surface area contributed by atoms with E-state index in [1.165, 1.54) is 11.8 Å². The number of imidazole rings is 1. The van der Waals surface area contributed by atoms with Crippen molar-refractivity contribution in [3.8, 4) is 11.4 Å². The highest BCUT2D eigenvalue weighted by atomic mass is 32.2. The summed E-state index contributed by atoms with van der Waals surface area (Å²) in [6.07, 6.45) is 6.00. The summed E-state index contributed by atoms with van der Waals surface area (Å²) >= 11 is 1.36. The average Bonchev–Trinajstić information content (AvgIpc) is 3.28. The quantitative estimate of drug-likeness (QED) is 0.355. The molecule has 172 valence electrons. The lowest BCUT2D eigenvalue weighted by molar-refractivity contribution is -0.117. The van der Waals surface area contributed by atoms with Crippen molar-refractivity contribution in [3.63, 3.8) is 0 Å². The summed E-state index contributed by atoms with van der Waals surface area (Å²) in [6.45, 7) is 0.509. The molecule has 1 N–H and O–H groups in total. The van der Waals surface area contributed by atoms with Crippen LogP contribution < -0.4 is 5.32 Å². The molecule has 5 aromatic heterocycles. The fraction of sp³-hybridized carbons (Fsp3) is 0.286. The highest BCUT2D eigenvalue weighted by Gasteiger charge is 2.30. The fourth-order valence-corrected chi connectivity index (χ4v) is 4.16. The molecular weight excluding hydrogens is 458 g/mol. The maximum absolute atomic E-state index is 12.0. The number of aromatic nitrogens is 8. The van der Waals surface area contributed by atoms with E-state index in [9.17, 15) is 4.79 Å². The average molecular weight is 478 g/mol. The van der Waals surface area contributed by atoms with E-state index in [0.29, 0.717) is 52.0 Å². The van der Waals surface area contributed by atoms with E-state index in [-0.39, 0.29) is 11.8 Å². The number of ether oxygens (including phenoxy) is 1. The van der Waals surface area contributed by atoms with Gasteiger partial charge in [0.05, 0.1) is 19.2 Å². The highest BCUT2D eigenvalue weighted by molar-refractivity contribution is 7.99. The number of carbonyl (C=O) groups is 1. The Kier molecular flexibility index (Phi) is 5.19. The van der Waals surface area contributed by atoms with Gasteiger partial charge in [-0.1, -0.05) is 5.16 Å². The van der Waals surface area contributed by atoms with E-state index in [0.717, 1.165) is 18.4 Å². The molecule has 0 atom stereocenters. The second kappa shape index (κ2) is 8.50. The van der Waals surface area contributed by atoms with Gasteiger partial charge < -0.3 is 14.6 Å². The van der Waals surface area contributed by atoms with Crippen LogP contribution >= 0.6 is 11.8 Å². The molecule has 12 nitrogen and oxygen atoms in total. The molecule has 34 heavy (non-hydrogen) atoms. The van der Waals surface area contributed by atoms with E-state index in [1.807, 2.05) is 34.9 Å². The molecule has 0 aromatic carbocycles. The van der Waals surface area contributed by atoms with Crippen LogP contribution in [0, 0.1) is 5.92 Å². The standard InChI is InChI=1S/C21H19N9O3S/c1-32-9-8-17-24-19(28-33-17)13-4-5-16-25-26-21(29(16)10-13)34-18-7-6-15-22-14(11-30(15)27-18)23-20(31)12-2-3-12/h4-7,10-12H,2-3,8-9H2,1H3,(H,23,31). The first-order valence-corrected chi connectivity index (χ1v) is 11.5. The van der Waals surface area contributed by atoms with Crippen molar-refractivity contribution in [1.82, 2.24) is 39.3 Å². The van der Waals surface area contributed by atoms with Gasteiger partial charge in [0.2, 0.25) is 22.8 Å². The van der Waals surface area contributed by atoms with Gasteiger partial charge >= 0.3 is 0 Å². The number of hydrogen-bond donors (Lipinski definition) is 1. The Morgan fingerprint density at radius 3 is 2.91 bits per heavy atom. The van der Waals surface area contributed by atoms with Crippen LogP contribution in [0.25, 0.3) is 22.7 Å². The Bertz CT molecular complexity index is 1500. The maximum Gasteiger partial charge on any atom is 0.229 e. The van der Waals surface area contributed by atoms with Gasteiger partial charge in [0.1, 0.15) is 5.03 Å². The van der Waals surface area contributed by atoms with Crippen LogP contribution in [0.3, 0.4) is 0 Å². The molecule has 6 rings (SSSR count). The van der Waals surface area contributed by atoms with E-state index in [1.54, 1.807) is 17.8 Å². The molecule has 5 aromatic rings. The molecule has 0 radical (unpaired) electrons. The number of nitrogens with one attached hydrogen (secondary N) is 1. The van der Waals surface area contributed by atoms with Gasteiger partial charge in [0.25, 0.3) is 0 Å². The summed E-state index contributed by atoms with van der Waals surface area (Å²) in [4.78, 5) is 20.8. The minimum Gasteiger partial charge on any atom is -0.384 e. The molecular formula is C21H19N9O3S. The van der Waals surface area contributed by atoms with E-state index in [4.69, 9.17) is 9.26 Å². The monoisotopic (exact) mass is 477 g/mol. The van der Waals surface area contributed by atoms with Gasteiger partial charge in [-0.25, -0.2) is 9.50 Å². The number of carbonyl (C=O) groups excluding carboxylic acids is 1. The summed E-state index contributed by atoms with van der Waals surface area (Å²) in [5.74, 6) is 1.61. The van der Waals surface area contributed by atoms with Crippen molar-refractivity contribution >= 4 is 34.8 Å². The molecule has 1 aliphatic carbocycles. The number of anilines is 1. The van der Waals surface area contributed by atoms with Crippen molar-refractivity contribution in [3.05, 3.63) is 42.5 Å². The molecule has 13 heteroatoms. The van der Waals surface area contributed by atoms with Crippen molar-refractivity contribution in [2.24, 2.45) is 5.92 Å². The van der Waals surface area contributed by atoms with Crippen molar-refractivity contribution in [2.75, 3.05) is 19.0 Å². The van der Waals surface area contributed by atoms with E-state index in [2.05, 4.69) is 35.7 Å². The number of methoxy groups -OCH3 is 1. The zero-order valence-electron chi connectivity index (χ0n) is 18.1. The fourth-order valence-electron chi connectivity index (χ4n) is 3.38. The molecule has 1 saturated carbocycles. The van der Waals surface area contributed by atoms with Crippen LogP contribution in [0.15, 0.2) is 51.4 Å². The molecule has 5 heterocycles. The lowest BCUT2D eigenvalue weighted by atomic mass is 10.2. The van der Waals surface area contributed by atoms with Crippen molar-refractivity contribution in [1.29, 1.82) is 0 Å². The van der Waals surface area contributed by atoms with Crippen LogP contribution in [0.5, 0.6) is 0 Å². The number of nitrogens with zero attached hydrogens (tertiary/aromatic N) is 8. The zero-order chi connectivity index (χ0) is 23.1. The highest BCUT2D eigenvalue weighted by Crippen LogP contribution is 2.30. The van der Waals surface area contributed by atoms with Gasteiger partial charge in [-0.15, -0.1) is 10.2 Å². The second-order valence-electron chi connectivity index (χ2n) is 7.85. The summed E-state index contributed by atoms with van der Waals surface area (Å²) in [7, 11) is 1.63. The van der Waals surface area contributed by atoms with E-state index >= 15 is 0 Å². The summed E-state index contributed by atoms with van der Waals surface area (Å²) in [5, 5.41) is 21.4. The van der Waals surface area contributed by atoms with Crippen LogP contribution in [0.2, 0.25) is 0 Å². The lowest BCUT2D eigenvalue weighted by Gasteiger charge is -2.01. The van der Waals surface area contributed by atoms with Gasteiger partial charge in [-0.3, -0.25) is 9.20 Å². The summed E-state index contributed by atoms with van der Waals surface area (Å²) in [6, 6.07) is 7.42. The second-order valence-corrected chi connectivity index (χ2v) is 8.84. The zero-order valence-corrected chi connectivity index (χ0v) is 18.9. The predicted molar refractivity (Wildman–Crippen MR) is 120 cm³/mol. The van der Waals surface area contributed by atoms with Gasteiger partial charge in [0.15, 0.2) is 17.1 Å². The molecule has 1 fully saturated rings. The van der Waals surface area contributed by atoms with Gasteiger partial charge in [-0.2, -0.15) is 10.1 Å². The third-order valence-corrected chi connectivity index (χ3v) is 6.20.